The van der Waals surface area contributed by atoms with E-state index in [0.717, 1.165) is 10.6 Å². The van der Waals surface area contributed by atoms with Crippen LogP contribution in [-0.2, 0) is 14.4 Å². The van der Waals surface area contributed by atoms with Crippen molar-refractivity contribution in [2.45, 2.75) is 12.8 Å². The Bertz CT molecular complexity index is 847. The summed E-state index contributed by atoms with van der Waals surface area (Å²) < 4.78 is 0. The molecule has 3 aliphatic rings. The van der Waals surface area contributed by atoms with Crippen molar-refractivity contribution in [3.63, 3.8) is 0 Å². The van der Waals surface area contributed by atoms with Gasteiger partial charge in [0.15, 0.2) is 0 Å². The van der Waals surface area contributed by atoms with Crippen LogP contribution in [-0.4, -0.2) is 65.2 Å². The van der Waals surface area contributed by atoms with Crippen LogP contribution in [0.1, 0.15) is 12.8 Å². The third kappa shape index (κ3) is 3.59. The normalized spacial score (nSPS) is 24.1. The number of likely N-dealkylation sites (tertiary alicyclic amines) is 1. The molecule has 3 amide bonds. The number of nitrogens with zero attached hydrogens (tertiary/aromatic N) is 4. The van der Waals surface area contributed by atoms with Gasteiger partial charge in [-0.3, -0.25) is 29.4 Å². The molecule has 1 aromatic carbocycles. The number of fused-ring (bicyclic) bond motifs is 1. The first kappa shape index (κ1) is 19.1. The summed E-state index contributed by atoms with van der Waals surface area (Å²) in [6.07, 6.45) is 4.98. The molecule has 2 aliphatic heterocycles. The van der Waals surface area contributed by atoms with Crippen molar-refractivity contribution in [3.05, 3.63) is 46.5 Å². The molecule has 0 saturated carbocycles. The van der Waals surface area contributed by atoms with E-state index in [1.807, 2.05) is 12.2 Å². The topological polar surface area (TPSA) is 104 Å². The highest BCUT2D eigenvalue weighted by Gasteiger charge is 2.48. The number of amides is 3. The van der Waals surface area contributed by atoms with Gasteiger partial charge >= 0.3 is 0 Å². The predicted molar refractivity (Wildman–Crippen MR) is 104 cm³/mol. The average molecular weight is 398 g/mol. The van der Waals surface area contributed by atoms with Gasteiger partial charge in [-0.1, -0.05) is 12.2 Å². The number of allylic oxidation sites excluding steroid dienone is 2. The summed E-state index contributed by atoms with van der Waals surface area (Å²) in [5, 5.41) is 10.8. The molecule has 0 unspecified atom stereocenters. The van der Waals surface area contributed by atoms with E-state index in [0.29, 0.717) is 39.0 Å². The maximum Gasteiger partial charge on any atom is 0.269 e. The molecule has 1 aromatic rings. The van der Waals surface area contributed by atoms with Crippen molar-refractivity contribution >= 4 is 29.1 Å². The number of hydrogen-bond acceptors (Lipinski definition) is 6. The van der Waals surface area contributed by atoms with Crippen LogP contribution in [0.2, 0.25) is 0 Å². The lowest BCUT2D eigenvalue weighted by molar-refractivity contribution is -0.384. The van der Waals surface area contributed by atoms with Gasteiger partial charge in [-0.15, -0.1) is 0 Å². The number of imide groups is 1. The zero-order chi connectivity index (χ0) is 20.5. The maximum absolute atomic E-state index is 12.7. The summed E-state index contributed by atoms with van der Waals surface area (Å²) in [7, 11) is 0. The van der Waals surface area contributed by atoms with E-state index >= 15 is 0 Å². The molecular formula is C20H22N4O5. The van der Waals surface area contributed by atoms with E-state index in [4.69, 9.17) is 0 Å². The molecule has 0 bridgehead atoms. The molecular weight excluding hydrogens is 376 g/mol. The van der Waals surface area contributed by atoms with Crippen molar-refractivity contribution < 1.29 is 19.3 Å². The average Bonchev–Trinajstić information content (AvgIpc) is 2.99. The Morgan fingerprint density at radius 3 is 2.03 bits per heavy atom. The van der Waals surface area contributed by atoms with Gasteiger partial charge in [-0.05, 0) is 25.0 Å². The van der Waals surface area contributed by atoms with E-state index < -0.39 is 4.92 Å². The standard InChI is InChI=1S/C20H22N4O5/c25-18(13-23-19(26)16-3-1-2-4-17(16)20(23)27)22-11-9-21(10-12-22)14-5-7-15(8-6-14)24(28)29/h1-2,5-8,16-17H,3-4,9-13H2/t16-,17+. The lowest BCUT2D eigenvalue weighted by Crippen LogP contribution is -2.52. The summed E-state index contributed by atoms with van der Waals surface area (Å²) in [6, 6.07) is 6.33. The second-order valence-corrected chi connectivity index (χ2v) is 7.56. The van der Waals surface area contributed by atoms with E-state index in [1.54, 1.807) is 17.0 Å². The quantitative estimate of drug-likeness (QED) is 0.327. The van der Waals surface area contributed by atoms with E-state index in [1.165, 1.54) is 12.1 Å². The summed E-state index contributed by atoms with van der Waals surface area (Å²) in [4.78, 5) is 52.9. The molecule has 0 aromatic heterocycles. The summed E-state index contributed by atoms with van der Waals surface area (Å²) in [6.45, 7) is 1.92. The largest absolute Gasteiger partial charge is 0.368 e. The number of hydrogen-bond donors (Lipinski definition) is 0. The van der Waals surface area contributed by atoms with Gasteiger partial charge in [0.1, 0.15) is 6.54 Å². The molecule has 0 radical (unpaired) electrons. The van der Waals surface area contributed by atoms with Gasteiger partial charge in [0.2, 0.25) is 17.7 Å². The van der Waals surface area contributed by atoms with Gasteiger partial charge in [-0.25, -0.2) is 0 Å². The number of benzene rings is 1. The molecule has 2 saturated heterocycles. The third-order valence-corrected chi connectivity index (χ3v) is 5.95. The van der Waals surface area contributed by atoms with Gasteiger partial charge in [0.25, 0.3) is 5.69 Å². The highest BCUT2D eigenvalue weighted by Crippen LogP contribution is 2.35. The van der Waals surface area contributed by atoms with Crippen LogP contribution >= 0.6 is 0 Å². The Labute approximate surface area is 167 Å². The number of nitro benzene ring substituents is 1. The summed E-state index contributed by atoms with van der Waals surface area (Å²) in [5.41, 5.74) is 0.905. The second kappa shape index (κ2) is 7.65. The van der Waals surface area contributed by atoms with Crippen molar-refractivity contribution in [1.82, 2.24) is 9.80 Å². The number of rotatable bonds is 4. The molecule has 2 heterocycles. The Hall–Kier alpha value is -3.23. The lowest BCUT2D eigenvalue weighted by Gasteiger charge is -2.36. The van der Waals surface area contributed by atoms with Gasteiger partial charge in [0, 0.05) is 44.0 Å². The number of piperazine rings is 1. The van der Waals surface area contributed by atoms with Gasteiger partial charge in [0.05, 0.1) is 16.8 Å². The molecule has 2 atom stereocenters. The van der Waals surface area contributed by atoms with E-state index in [2.05, 4.69) is 4.90 Å². The molecule has 1 aliphatic carbocycles. The van der Waals surface area contributed by atoms with Crippen molar-refractivity contribution in [2.24, 2.45) is 11.8 Å². The first-order valence-corrected chi connectivity index (χ1v) is 9.73. The fourth-order valence-corrected chi connectivity index (χ4v) is 4.26. The molecule has 29 heavy (non-hydrogen) atoms. The van der Waals surface area contributed by atoms with E-state index in [-0.39, 0.29) is 41.8 Å². The van der Waals surface area contributed by atoms with Gasteiger partial charge < -0.3 is 9.80 Å². The number of carbonyl (C=O) groups excluding carboxylic acids is 3. The predicted octanol–water partition coefficient (Wildman–Crippen LogP) is 1.19. The Morgan fingerprint density at radius 1 is 0.966 bits per heavy atom. The number of nitro groups is 1. The van der Waals surface area contributed by atoms with Crippen LogP contribution in [0.5, 0.6) is 0 Å². The fraction of sp³-hybridized carbons (Fsp3) is 0.450. The third-order valence-electron chi connectivity index (χ3n) is 5.95. The molecule has 2 fully saturated rings. The van der Waals surface area contributed by atoms with Crippen molar-refractivity contribution in [3.8, 4) is 0 Å². The zero-order valence-corrected chi connectivity index (χ0v) is 15.9. The van der Waals surface area contributed by atoms with Crippen LogP contribution < -0.4 is 4.90 Å². The second-order valence-electron chi connectivity index (χ2n) is 7.56. The van der Waals surface area contributed by atoms with Crippen LogP contribution in [0.4, 0.5) is 11.4 Å². The van der Waals surface area contributed by atoms with Crippen LogP contribution in [0, 0.1) is 22.0 Å². The van der Waals surface area contributed by atoms with Crippen LogP contribution in [0.25, 0.3) is 0 Å². The highest BCUT2D eigenvalue weighted by molar-refractivity contribution is 6.07. The number of carbonyl (C=O) groups is 3. The molecule has 0 spiro atoms. The Kier molecular flexibility index (Phi) is 5.04. The van der Waals surface area contributed by atoms with Crippen LogP contribution in [0.3, 0.4) is 0 Å². The summed E-state index contributed by atoms with van der Waals surface area (Å²) >= 11 is 0. The SMILES string of the molecule is O=C(CN1C(=O)[C@H]2CC=CC[C@H]2C1=O)N1CCN(c2ccc([N+](=O)[O-])cc2)CC1. The number of anilines is 1. The minimum Gasteiger partial charge on any atom is -0.368 e. The van der Waals surface area contributed by atoms with Crippen molar-refractivity contribution in [1.29, 1.82) is 0 Å². The monoisotopic (exact) mass is 398 g/mol. The van der Waals surface area contributed by atoms with Crippen LogP contribution in [0.15, 0.2) is 36.4 Å². The molecule has 4 rings (SSSR count). The van der Waals surface area contributed by atoms with Gasteiger partial charge in [-0.2, -0.15) is 0 Å². The highest BCUT2D eigenvalue weighted by atomic mass is 16.6. The Morgan fingerprint density at radius 2 is 1.52 bits per heavy atom. The summed E-state index contributed by atoms with van der Waals surface area (Å²) in [5.74, 6) is -1.33. The Balaban J connectivity index is 1.33. The van der Waals surface area contributed by atoms with E-state index in [9.17, 15) is 24.5 Å². The first-order chi connectivity index (χ1) is 14.0. The number of non-ortho nitro benzene ring substituents is 1. The minimum atomic E-state index is -0.437. The molecule has 9 heteroatoms. The zero-order valence-electron chi connectivity index (χ0n) is 15.9. The smallest absolute Gasteiger partial charge is 0.269 e. The molecule has 9 nitrogen and oxygen atoms in total. The minimum absolute atomic E-state index is 0.0401. The molecule has 152 valence electrons. The van der Waals surface area contributed by atoms with Crippen molar-refractivity contribution in [2.75, 3.05) is 37.6 Å². The lowest BCUT2D eigenvalue weighted by atomic mass is 9.85. The fourth-order valence-electron chi connectivity index (χ4n) is 4.26. The maximum atomic E-state index is 12.7. The molecule has 0 N–H and O–H groups in total. The first-order valence-electron chi connectivity index (χ1n) is 9.73.